The van der Waals surface area contributed by atoms with Crippen LogP contribution in [0.3, 0.4) is 0 Å². The third-order valence-corrected chi connectivity index (χ3v) is 3.08. The molecule has 0 fully saturated rings. The van der Waals surface area contributed by atoms with E-state index in [1.54, 1.807) is 0 Å². The summed E-state index contributed by atoms with van der Waals surface area (Å²) in [5, 5.41) is 3.19. The molecule has 1 aromatic rings. The number of hydrazine groups is 1. The van der Waals surface area contributed by atoms with E-state index in [-0.39, 0.29) is 0 Å². The zero-order chi connectivity index (χ0) is 14.6. The van der Waals surface area contributed by atoms with Crippen molar-refractivity contribution in [3.63, 3.8) is 0 Å². The Balaban J connectivity index is 2.25. The minimum atomic E-state index is 0.681. The number of nitrogens with one attached hydrogen (secondary N) is 2. The highest BCUT2D eigenvalue weighted by molar-refractivity contribution is 5.79. The molecule has 20 heavy (non-hydrogen) atoms. The lowest BCUT2D eigenvalue weighted by Gasteiger charge is -2.18. The monoisotopic (exact) mass is 277 g/mol. The van der Waals surface area contributed by atoms with E-state index in [1.807, 2.05) is 6.07 Å². The lowest BCUT2D eigenvalue weighted by atomic mass is 10.3. The normalized spacial score (nSPS) is 11.2. The van der Waals surface area contributed by atoms with E-state index < -0.39 is 0 Å². The standard InChI is InChI=1S/C15H27N5/c1-3-4-11-17-15(19-16)18-12-8-13-20(2)14-9-6-5-7-10-14/h5-7,9-10H,3-4,8,11-13,16H2,1-2H3,(H2,17,18,19). The van der Waals surface area contributed by atoms with Gasteiger partial charge in [0.2, 0.25) is 5.96 Å². The fourth-order valence-electron chi connectivity index (χ4n) is 1.85. The van der Waals surface area contributed by atoms with Crippen molar-refractivity contribution in [1.29, 1.82) is 0 Å². The van der Waals surface area contributed by atoms with E-state index in [9.17, 15) is 0 Å². The molecule has 0 bridgehead atoms. The van der Waals surface area contributed by atoms with Crippen molar-refractivity contribution in [2.75, 3.05) is 31.6 Å². The van der Waals surface area contributed by atoms with Gasteiger partial charge in [-0.25, -0.2) is 5.84 Å². The summed E-state index contributed by atoms with van der Waals surface area (Å²) >= 11 is 0. The quantitative estimate of drug-likeness (QED) is 0.223. The maximum absolute atomic E-state index is 5.43. The van der Waals surface area contributed by atoms with Gasteiger partial charge >= 0.3 is 0 Å². The first kappa shape index (κ1) is 16.3. The average molecular weight is 277 g/mol. The number of hydrogen-bond acceptors (Lipinski definition) is 3. The molecule has 4 N–H and O–H groups in total. The highest BCUT2D eigenvalue weighted by atomic mass is 15.3. The SMILES string of the molecule is CCCCNC(=NCCCN(C)c1ccccc1)NN. The zero-order valence-electron chi connectivity index (χ0n) is 12.6. The molecule has 0 saturated carbocycles. The van der Waals surface area contributed by atoms with Crippen LogP contribution < -0.4 is 21.5 Å². The van der Waals surface area contributed by atoms with Crippen molar-refractivity contribution in [3.8, 4) is 0 Å². The highest BCUT2D eigenvalue weighted by Crippen LogP contribution is 2.10. The van der Waals surface area contributed by atoms with Crippen LogP contribution >= 0.6 is 0 Å². The molecular formula is C15H27N5. The smallest absolute Gasteiger partial charge is 0.205 e. The number of aliphatic imine (C=N–C) groups is 1. The number of guanidine groups is 1. The van der Waals surface area contributed by atoms with Crippen molar-refractivity contribution in [1.82, 2.24) is 10.7 Å². The second-order valence-corrected chi connectivity index (χ2v) is 4.77. The molecule has 0 atom stereocenters. The van der Waals surface area contributed by atoms with Gasteiger partial charge in [-0.05, 0) is 25.0 Å². The van der Waals surface area contributed by atoms with Gasteiger partial charge in [0, 0.05) is 32.4 Å². The fourth-order valence-corrected chi connectivity index (χ4v) is 1.85. The van der Waals surface area contributed by atoms with Crippen LogP contribution in [0.1, 0.15) is 26.2 Å². The molecule has 0 unspecified atom stereocenters. The Morgan fingerprint density at radius 3 is 2.65 bits per heavy atom. The third kappa shape index (κ3) is 6.43. The van der Waals surface area contributed by atoms with Gasteiger partial charge in [-0.15, -0.1) is 0 Å². The first-order valence-corrected chi connectivity index (χ1v) is 7.29. The highest BCUT2D eigenvalue weighted by Gasteiger charge is 1.99. The van der Waals surface area contributed by atoms with Gasteiger partial charge in [-0.2, -0.15) is 0 Å². The van der Waals surface area contributed by atoms with Crippen LogP contribution in [0.4, 0.5) is 5.69 Å². The topological polar surface area (TPSA) is 65.7 Å². The van der Waals surface area contributed by atoms with Crippen molar-refractivity contribution in [3.05, 3.63) is 30.3 Å². The van der Waals surface area contributed by atoms with E-state index in [1.165, 1.54) is 5.69 Å². The Hall–Kier alpha value is -1.75. The van der Waals surface area contributed by atoms with Crippen molar-refractivity contribution in [2.24, 2.45) is 10.8 Å². The Labute approximate surface area is 122 Å². The molecule has 0 heterocycles. The summed E-state index contributed by atoms with van der Waals surface area (Å²) in [4.78, 5) is 6.65. The predicted molar refractivity (Wildman–Crippen MR) is 86.9 cm³/mol. The molecule has 5 nitrogen and oxygen atoms in total. The number of rotatable bonds is 8. The number of anilines is 1. The van der Waals surface area contributed by atoms with E-state index in [0.29, 0.717) is 5.96 Å². The van der Waals surface area contributed by atoms with Gasteiger partial charge in [0.1, 0.15) is 0 Å². The first-order chi connectivity index (χ1) is 9.77. The number of nitrogens with zero attached hydrogens (tertiary/aromatic N) is 2. The van der Waals surface area contributed by atoms with Gasteiger partial charge in [-0.3, -0.25) is 10.4 Å². The van der Waals surface area contributed by atoms with E-state index in [4.69, 9.17) is 5.84 Å². The molecule has 0 saturated heterocycles. The number of benzene rings is 1. The number of hydrogen-bond donors (Lipinski definition) is 3. The lowest BCUT2D eigenvalue weighted by molar-refractivity contribution is 0.725. The Morgan fingerprint density at radius 1 is 1.25 bits per heavy atom. The van der Waals surface area contributed by atoms with E-state index in [0.717, 1.165) is 38.9 Å². The second kappa shape index (κ2) is 10.1. The molecule has 0 aliphatic heterocycles. The third-order valence-electron chi connectivity index (χ3n) is 3.08. The molecule has 0 amide bonds. The molecule has 1 rings (SSSR count). The van der Waals surface area contributed by atoms with Crippen LogP contribution in [0.15, 0.2) is 35.3 Å². The van der Waals surface area contributed by atoms with E-state index >= 15 is 0 Å². The zero-order valence-corrected chi connectivity index (χ0v) is 12.6. The minimum absolute atomic E-state index is 0.681. The van der Waals surface area contributed by atoms with Crippen LogP contribution in [0, 0.1) is 0 Å². The molecule has 112 valence electrons. The summed E-state index contributed by atoms with van der Waals surface area (Å²) in [6.45, 7) is 4.80. The van der Waals surface area contributed by atoms with Gasteiger partial charge in [-0.1, -0.05) is 31.5 Å². The van der Waals surface area contributed by atoms with E-state index in [2.05, 4.69) is 58.9 Å². The summed E-state index contributed by atoms with van der Waals surface area (Å²) in [6.07, 6.45) is 3.27. The Bertz CT molecular complexity index is 377. The second-order valence-electron chi connectivity index (χ2n) is 4.77. The molecular weight excluding hydrogens is 250 g/mol. The van der Waals surface area contributed by atoms with Crippen LogP contribution in [-0.2, 0) is 0 Å². The first-order valence-electron chi connectivity index (χ1n) is 7.29. The Morgan fingerprint density at radius 2 is 2.00 bits per heavy atom. The molecule has 5 heteroatoms. The lowest BCUT2D eigenvalue weighted by Crippen LogP contribution is -2.42. The average Bonchev–Trinajstić information content (AvgIpc) is 2.50. The Kier molecular flexibility index (Phi) is 8.22. The molecule has 0 aromatic heterocycles. The van der Waals surface area contributed by atoms with Crippen LogP contribution in [0.5, 0.6) is 0 Å². The fraction of sp³-hybridized carbons (Fsp3) is 0.533. The van der Waals surface area contributed by atoms with Crippen molar-refractivity contribution < 1.29 is 0 Å². The number of unbranched alkanes of at least 4 members (excludes halogenated alkanes) is 1. The van der Waals surface area contributed by atoms with Crippen LogP contribution in [0.25, 0.3) is 0 Å². The summed E-state index contributed by atoms with van der Waals surface area (Å²) in [7, 11) is 2.10. The van der Waals surface area contributed by atoms with Crippen molar-refractivity contribution in [2.45, 2.75) is 26.2 Å². The minimum Gasteiger partial charge on any atom is -0.375 e. The number of nitrogens with two attached hydrogens (primary N) is 1. The maximum Gasteiger partial charge on any atom is 0.205 e. The maximum atomic E-state index is 5.43. The van der Waals surface area contributed by atoms with Gasteiger partial charge in [0.05, 0.1) is 0 Å². The molecule has 0 aliphatic carbocycles. The number of para-hydroxylation sites is 1. The van der Waals surface area contributed by atoms with Gasteiger partial charge in [0.25, 0.3) is 0 Å². The molecule has 0 radical (unpaired) electrons. The van der Waals surface area contributed by atoms with Crippen LogP contribution in [-0.4, -0.2) is 32.6 Å². The summed E-state index contributed by atoms with van der Waals surface area (Å²) < 4.78 is 0. The summed E-state index contributed by atoms with van der Waals surface area (Å²) in [5.41, 5.74) is 3.84. The van der Waals surface area contributed by atoms with Crippen molar-refractivity contribution >= 4 is 11.6 Å². The predicted octanol–water partition coefficient (Wildman–Crippen LogP) is 1.72. The molecule has 0 aliphatic rings. The molecule has 0 spiro atoms. The van der Waals surface area contributed by atoms with Gasteiger partial charge < -0.3 is 10.2 Å². The van der Waals surface area contributed by atoms with Crippen LogP contribution in [0.2, 0.25) is 0 Å². The van der Waals surface area contributed by atoms with Gasteiger partial charge in [0.15, 0.2) is 0 Å². The molecule has 1 aromatic carbocycles. The summed E-state index contributed by atoms with van der Waals surface area (Å²) in [5.74, 6) is 6.12. The summed E-state index contributed by atoms with van der Waals surface area (Å²) in [6, 6.07) is 10.4. The largest absolute Gasteiger partial charge is 0.375 e.